The Labute approximate surface area is 175 Å². The van der Waals surface area contributed by atoms with Crippen LogP contribution in [-0.2, 0) is 11.3 Å². The van der Waals surface area contributed by atoms with E-state index < -0.39 is 5.41 Å². The van der Waals surface area contributed by atoms with Crippen molar-refractivity contribution < 1.29 is 19.1 Å². The summed E-state index contributed by atoms with van der Waals surface area (Å²) >= 11 is 0. The summed E-state index contributed by atoms with van der Waals surface area (Å²) < 4.78 is 10.9. The molecule has 0 saturated carbocycles. The molecule has 30 heavy (non-hydrogen) atoms. The van der Waals surface area contributed by atoms with E-state index in [4.69, 9.17) is 9.47 Å². The number of aromatic nitrogens is 2. The van der Waals surface area contributed by atoms with Crippen LogP contribution in [0.2, 0.25) is 0 Å². The predicted molar refractivity (Wildman–Crippen MR) is 109 cm³/mol. The van der Waals surface area contributed by atoms with Crippen molar-refractivity contribution in [2.75, 3.05) is 33.9 Å². The molecule has 0 aliphatic carbocycles. The van der Waals surface area contributed by atoms with Crippen molar-refractivity contribution >= 4 is 11.8 Å². The number of rotatable bonds is 5. The zero-order valence-electron chi connectivity index (χ0n) is 17.3. The van der Waals surface area contributed by atoms with E-state index in [1.165, 1.54) is 18.6 Å². The summed E-state index contributed by atoms with van der Waals surface area (Å²) in [6.07, 6.45) is 6.89. The molecule has 2 amide bonds. The van der Waals surface area contributed by atoms with Crippen LogP contribution in [0.5, 0.6) is 11.5 Å². The van der Waals surface area contributed by atoms with Crippen LogP contribution in [-0.4, -0.2) is 65.4 Å². The zero-order chi connectivity index (χ0) is 21.1. The lowest BCUT2D eigenvalue weighted by molar-refractivity contribution is -0.146. The number of carbonyl (C=O) groups is 2. The molecule has 1 aromatic heterocycles. The second-order valence-corrected chi connectivity index (χ2v) is 7.83. The first-order chi connectivity index (χ1) is 14.6. The molecular weight excluding hydrogens is 384 g/mol. The van der Waals surface area contributed by atoms with E-state index >= 15 is 0 Å². The lowest BCUT2D eigenvalue weighted by Crippen LogP contribution is -2.50. The van der Waals surface area contributed by atoms with Crippen LogP contribution >= 0.6 is 0 Å². The average molecular weight is 410 g/mol. The number of ether oxygens (including phenoxy) is 2. The van der Waals surface area contributed by atoms with Crippen LogP contribution in [0, 0.1) is 5.41 Å². The molecule has 0 radical (unpaired) electrons. The fraction of sp³-hybridized carbons (Fsp3) is 0.455. The third-order valence-electron chi connectivity index (χ3n) is 6.09. The summed E-state index contributed by atoms with van der Waals surface area (Å²) in [5, 5.41) is 0. The highest BCUT2D eigenvalue weighted by Crippen LogP contribution is 2.41. The molecule has 2 aromatic rings. The monoisotopic (exact) mass is 410 g/mol. The fourth-order valence-electron chi connectivity index (χ4n) is 4.58. The minimum Gasteiger partial charge on any atom is -0.493 e. The zero-order valence-corrected chi connectivity index (χ0v) is 17.3. The maximum absolute atomic E-state index is 13.5. The van der Waals surface area contributed by atoms with Gasteiger partial charge in [-0.3, -0.25) is 14.6 Å². The highest BCUT2D eigenvalue weighted by atomic mass is 16.5. The van der Waals surface area contributed by atoms with Crippen LogP contribution in [0.25, 0.3) is 0 Å². The Kier molecular flexibility index (Phi) is 5.57. The molecule has 3 heterocycles. The van der Waals surface area contributed by atoms with Crippen molar-refractivity contribution in [3.8, 4) is 11.5 Å². The molecule has 1 atom stereocenters. The van der Waals surface area contributed by atoms with Crippen molar-refractivity contribution in [2.24, 2.45) is 5.41 Å². The number of hydrogen-bond acceptors (Lipinski definition) is 6. The van der Waals surface area contributed by atoms with Crippen molar-refractivity contribution in [1.29, 1.82) is 0 Å². The molecule has 0 bridgehead atoms. The van der Waals surface area contributed by atoms with Gasteiger partial charge in [-0.15, -0.1) is 0 Å². The van der Waals surface area contributed by atoms with E-state index in [0.29, 0.717) is 49.8 Å². The SMILES string of the molecule is COc1cccc(CN2CCCC3(CCN(C(=O)c4cnccn4)C3)C2=O)c1OC. The molecular formula is C22H26N4O4. The maximum Gasteiger partial charge on any atom is 0.274 e. The van der Waals surface area contributed by atoms with Crippen molar-refractivity contribution in [3.05, 3.63) is 48.0 Å². The Hall–Kier alpha value is -3.16. The number of carbonyl (C=O) groups excluding carboxylic acids is 2. The van der Waals surface area contributed by atoms with Gasteiger partial charge in [0.25, 0.3) is 5.91 Å². The lowest BCUT2D eigenvalue weighted by atomic mass is 9.78. The van der Waals surface area contributed by atoms with Crippen molar-refractivity contribution in [3.63, 3.8) is 0 Å². The molecule has 1 aromatic carbocycles. The lowest BCUT2D eigenvalue weighted by Gasteiger charge is -2.39. The van der Waals surface area contributed by atoms with Gasteiger partial charge in [0.1, 0.15) is 5.69 Å². The number of likely N-dealkylation sites (tertiary alicyclic amines) is 2. The Morgan fingerprint density at radius 1 is 1.17 bits per heavy atom. The van der Waals surface area contributed by atoms with Gasteiger partial charge in [0.15, 0.2) is 11.5 Å². The normalized spacial score (nSPS) is 21.2. The molecule has 158 valence electrons. The minimum absolute atomic E-state index is 0.105. The largest absolute Gasteiger partial charge is 0.493 e. The van der Waals surface area contributed by atoms with Crippen LogP contribution in [0.15, 0.2) is 36.8 Å². The molecule has 0 N–H and O–H groups in total. The van der Waals surface area contributed by atoms with Crippen LogP contribution < -0.4 is 9.47 Å². The van der Waals surface area contributed by atoms with Gasteiger partial charge in [0.2, 0.25) is 5.91 Å². The Morgan fingerprint density at radius 3 is 2.77 bits per heavy atom. The summed E-state index contributed by atoms with van der Waals surface area (Å²) in [6, 6.07) is 5.70. The minimum atomic E-state index is -0.526. The smallest absolute Gasteiger partial charge is 0.274 e. The molecule has 2 fully saturated rings. The Bertz CT molecular complexity index is 936. The van der Waals surface area contributed by atoms with Crippen molar-refractivity contribution in [2.45, 2.75) is 25.8 Å². The van der Waals surface area contributed by atoms with Gasteiger partial charge in [0.05, 0.1) is 25.8 Å². The standard InChI is InChI=1S/C22H26N4O4/c1-29-18-6-3-5-16(19(18)30-2)14-25-11-4-7-22(21(25)28)8-12-26(15-22)20(27)17-13-23-9-10-24-17/h3,5-6,9-10,13H,4,7-8,11-12,14-15H2,1-2H3. The highest BCUT2D eigenvalue weighted by Gasteiger charge is 2.49. The number of amides is 2. The number of nitrogens with zero attached hydrogens (tertiary/aromatic N) is 4. The second kappa shape index (κ2) is 8.30. The highest BCUT2D eigenvalue weighted by molar-refractivity contribution is 5.93. The van der Waals surface area contributed by atoms with Crippen LogP contribution in [0.1, 0.15) is 35.3 Å². The number of piperidine rings is 1. The quantitative estimate of drug-likeness (QED) is 0.751. The number of methoxy groups -OCH3 is 2. The first-order valence-corrected chi connectivity index (χ1v) is 10.1. The van der Waals surface area contributed by atoms with Crippen LogP contribution in [0.4, 0.5) is 0 Å². The summed E-state index contributed by atoms with van der Waals surface area (Å²) in [6.45, 7) is 2.13. The number of para-hydroxylation sites is 1. The summed E-state index contributed by atoms with van der Waals surface area (Å²) in [5.74, 6) is 1.24. The molecule has 2 aliphatic rings. The molecule has 2 aliphatic heterocycles. The van der Waals surface area contributed by atoms with Gasteiger partial charge < -0.3 is 19.3 Å². The Balaban J connectivity index is 1.51. The van der Waals surface area contributed by atoms with E-state index in [2.05, 4.69) is 9.97 Å². The topological polar surface area (TPSA) is 84.9 Å². The van der Waals surface area contributed by atoms with E-state index in [9.17, 15) is 9.59 Å². The maximum atomic E-state index is 13.5. The Morgan fingerprint density at radius 2 is 2.03 bits per heavy atom. The predicted octanol–water partition coefficient (Wildman–Crippen LogP) is 2.15. The average Bonchev–Trinajstić information content (AvgIpc) is 3.21. The molecule has 1 unspecified atom stereocenters. The first kappa shape index (κ1) is 20.1. The molecule has 2 saturated heterocycles. The van der Waals surface area contributed by atoms with Gasteiger partial charge in [-0.05, 0) is 25.3 Å². The number of hydrogen-bond donors (Lipinski definition) is 0. The summed E-state index contributed by atoms with van der Waals surface area (Å²) in [5.41, 5.74) is 0.700. The summed E-state index contributed by atoms with van der Waals surface area (Å²) in [7, 11) is 3.21. The molecule has 1 spiro atoms. The second-order valence-electron chi connectivity index (χ2n) is 7.83. The van der Waals surface area contributed by atoms with E-state index in [1.54, 1.807) is 19.1 Å². The van der Waals surface area contributed by atoms with E-state index in [0.717, 1.165) is 18.4 Å². The first-order valence-electron chi connectivity index (χ1n) is 10.1. The third-order valence-corrected chi connectivity index (χ3v) is 6.09. The number of benzene rings is 1. The van der Waals surface area contributed by atoms with Gasteiger partial charge in [0, 0.05) is 44.1 Å². The van der Waals surface area contributed by atoms with Gasteiger partial charge >= 0.3 is 0 Å². The molecule has 4 rings (SSSR count). The van der Waals surface area contributed by atoms with Crippen LogP contribution in [0.3, 0.4) is 0 Å². The molecule has 8 nitrogen and oxygen atoms in total. The van der Waals surface area contributed by atoms with Crippen molar-refractivity contribution in [1.82, 2.24) is 19.8 Å². The van der Waals surface area contributed by atoms with Gasteiger partial charge in [-0.2, -0.15) is 0 Å². The van der Waals surface area contributed by atoms with E-state index in [1.807, 2.05) is 23.1 Å². The van der Waals surface area contributed by atoms with E-state index in [-0.39, 0.29) is 11.8 Å². The third kappa shape index (κ3) is 3.58. The fourth-order valence-corrected chi connectivity index (χ4v) is 4.58. The van der Waals surface area contributed by atoms with Gasteiger partial charge in [-0.1, -0.05) is 12.1 Å². The summed E-state index contributed by atoms with van der Waals surface area (Å²) in [4.78, 5) is 38.0. The molecule has 8 heteroatoms. The van der Waals surface area contributed by atoms with Gasteiger partial charge in [-0.25, -0.2) is 4.98 Å².